The minimum Gasteiger partial charge on any atom is -0.382 e. The van der Waals surface area contributed by atoms with Gasteiger partial charge in [-0.05, 0) is 13.8 Å². The third-order valence-corrected chi connectivity index (χ3v) is 3.86. The van der Waals surface area contributed by atoms with E-state index in [1.165, 1.54) is 10.9 Å². The molecular formula is C19H31N9O. The normalized spacial score (nSPS) is 9.83. The van der Waals surface area contributed by atoms with E-state index in [4.69, 9.17) is 5.73 Å². The van der Waals surface area contributed by atoms with Crippen LogP contribution >= 0.6 is 0 Å². The van der Waals surface area contributed by atoms with Crippen LogP contribution in [0, 0.1) is 13.8 Å². The SMILES string of the molecule is CC.CC.Cc1nc(N)c2nc(C)n(C)c2n1.Cn1cnc2c(ncn2C)c1=O. The highest BCUT2D eigenvalue weighted by Gasteiger charge is 2.09. The molecule has 4 aromatic rings. The first kappa shape index (κ1) is 23.7. The predicted octanol–water partition coefficient (Wildman–Crippen LogP) is 2.28. The van der Waals surface area contributed by atoms with E-state index in [0.717, 1.165) is 11.5 Å². The van der Waals surface area contributed by atoms with Crippen molar-refractivity contribution in [2.24, 2.45) is 21.1 Å². The van der Waals surface area contributed by atoms with Crippen LogP contribution in [0.3, 0.4) is 0 Å². The second-order valence-corrected chi connectivity index (χ2v) is 5.73. The first-order valence-corrected chi connectivity index (χ1v) is 9.55. The molecule has 0 amide bonds. The minimum atomic E-state index is -0.111. The molecule has 0 atom stereocenters. The second kappa shape index (κ2) is 10.3. The van der Waals surface area contributed by atoms with Gasteiger partial charge in [-0.15, -0.1) is 0 Å². The van der Waals surface area contributed by atoms with E-state index >= 15 is 0 Å². The van der Waals surface area contributed by atoms with Crippen molar-refractivity contribution in [1.29, 1.82) is 0 Å². The van der Waals surface area contributed by atoms with Crippen LogP contribution in [0.1, 0.15) is 39.3 Å². The standard InChI is InChI=1S/C8H11N5.C7H8N4O.2C2H6/c1-4-10-7(9)6-8(11-4)13(3)5(2)12-6;1-10-3-8-5-6(10)9-4-11(2)7(5)12;2*1-2/h1-3H3,(H2,9,10,11);3-4H,1-2H3;2*1-2H3. The Morgan fingerprint density at radius 1 is 0.793 bits per heavy atom. The predicted molar refractivity (Wildman–Crippen MR) is 117 cm³/mol. The van der Waals surface area contributed by atoms with Crippen LogP contribution in [0.4, 0.5) is 5.82 Å². The number of anilines is 1. The second-order valence-electron chi connectivity index (χ2n) is 5.73. The van der Waals surface area contributed by atoms with E-state index in [-0.39, 0.29) is 5.56 Å². The van der Waals surface area contributed by atoms with Gasteiger partial charge < -0.3 is 19.4 Å². The number of hydrogen-bond donors (Lipinski definition) is 1. The van der Waals surface area contributed by atoms with E-state index in [0.29, 0.717) is 28.3 Å². The number of aromatic nitrogens is 8. The van der Waals surface area contributed by atoms with Crippen LogP contribution in [-0.4, -0.2) is 38.6 Å². The van der Waals surface area contributed by atoms with Crippen molar-refractivity contribution in [2.45, 2.75) is 41.5 Å². The number of aryl methyl sites for hydroxylation is 5. The van der Waals surface area contributed by atoms with Crippen molar-refractivity contribution >= 4 is 28.1 Å². The molecule has 158 valence electrons. The van der Waals surface area contributed by atoms with Crippen molar-refractivity contribution in [3.63, 3.8) is 0 Å². The van der Waals surface area contributed by atoms with Gasteiger partial charge in [-0.3, -0.25) is 4.79 Å². The first-order valence-electron chi connectivity index (χ1n) is 9.55. The minimum absolute atomic E-state index is 0.111. The lowest BCUT2D eigenvalue weighted by Crippen LogP contribution is -2.17. The summed E-state index contributed by atoms with van der Waals surface area (Å²) < 4.78 is 5.03. The molecule has 0 saturated carbocycles. The summed E-state index contributed by atoms with van der Waals surface area (Å²) >= 11 is 0. The molecule has 0 spiro atoms. The van der Waals surface area contributed by atoms with E-state index in [9.17, 15) is 4.79 Å². The molecule has 0 saturated heterocycles. The quantitative estimate of drug-likeness (QED) is 0.479. The van der Waals surface area contributed by atoms with Crippen molar-refractivity contribution in [3.8, 4) is 0 Å². The molecule has 0 aliphatic heterocycles. The molecule has 0 unspecified atom stereocenters. The molecular weight excluding hydrogens is 370 g/mol. The van der Waals surface area contributed by atoms with Gasteiger partial charge in [-0.2, -0.15) is 0 Å². The van der Waals surface area contributed by atoms with Gasteiger partial charge in [0.2, 0.25) is 0 Å². The number of hydrogen-bond acceptors (Lipinski definition) is 7. The number of nitrogen functional groups attached to an aromatic ring is 1. The van der Waals surface area contributed by atoms with E-state index in [1.54, 1.807) is 17.9 Å². The van der Waals surface area contributed by atoms with Crippen LogP contribution < -0.4 is 11.3 Å². The molecule has 0 fully saturated rings. The first-order chi connectivity index (χ1) is 13.8. The summed E-state index contributed by atoms with van der Waals surface area (Å²) in [6, 6.07) is 0. The molecule has 2 N–H and O–H groups in total. The maximum Gasteiger partial charge on any atom is 0.281 e. The molecule has 0 radical (unpaired) electrons. The summed E-state index contributed by atoms with van der Waals surface area (Å²) in [4.78, 5) is 32.0. The van der Waals surface area contributed by atoms with Crippen LogP contribution in [-0.2, 0) is 21.1 Å². The third kappa shape index (κ3) is 4.95. The maximum absolute atomic E-state index is 11.4. The maximum atomic E-state index is 11.4. The average Bonchev–Trinajstić information content (AvgIpc) is 3.23. The zero-order chi connectivity index (χ0) is 22.3. The monoisotopic (exact) mass is 401 g/mol. The topological polar surface area (TPSA) is 122 Å². The zero-order valence-electron chi connectivity index (χ0n) is 18.7. The highest BCUT2D eigenvalue weighted by Crippen LogP contribution is 2.16. The number of rotatable bonds is 0. The van der Waals surface area contributed by atoms with Gasteiger partial charge in [0, 0.05) is 21.1 Å². The Morgan fingerprint density at radius 3 is 2.00 bits per heavy atom. The van der Waals surface area contributed by atoms with E-state index in [1.807, 2.05) is 60.2 Å². The Morgan fingerprint density at radius 2 is 1.38 bits per heavy atom. The number of nitrogens with zero attached hydrogens (tertiary/aromatic N) is 8. The van der Waals surface area contributed by atoms with Gasteiger partial charge in [0.15, 0.2) is 28.1 Å². The summed E-state index contributed by atoms with van der Waals surface area (Å²) in [7, 11) is 5.38. The fourth-order valence-corrected chi connectivity index (χ4v) is 2.39. The molecule has 4 rings (SSSR count). The van der Waals surface area contributed by atoms with E-state index < -0.39 is 0 Å². The Hall–Kier alpha value is -3.30. The van der Waals surface area contributed by atoms with Crippen LogP contribution in [0.15, 0.2) is 17.4 Å². The lowest BCUT2D eigenvalue weighted by Gasteiger charge is -1.98. The fraction of sp³-hybridized carbons (Fsp3) is 0.474. The van der Waals surface area contributed by atoms with Crippen molar-refractivity contribution in [2.75, 3.05) is 5.73 Å². The zero-order valence-corrected chi connectivity index (χ0v) is 18.7. The Kier molecular flexibility index (Phi) is 8.43. The van der Waals surface area contributed by atoms with Crippen LogP contribution in [0.5, 0.6) is 0 Å². The van der Waals surface area contributed by atoms with Crippen molar-refractivity contribution < 1.29 is 0 Å². The van der Waals surface area contributed by atoms with Crippen LogP contribution in [0.25, 0.3) is 22.3 Å². The highest BCUT2D eigenvalue weighted by molar-refractivity contribution is 5.82. The van der Waals surface area contributed by atoms with Gasteiger partial charge in [-0.1, -0.05) is 27.7 Å². The highest BCUT2D eigenvalue weighted by atomic mass is 16.1. The van der Waals surface area contributed by atoms with Crippen molar-refractivity contribution in [1.82, 2.24) is 38.6 Å². The summed E-state index contributed by atoms with van der Waals surface area (Å²) in [5.74, 6) is 2.01. The van der Waals surface area contributed by atoms with Gasteiger partial charge in [0.05, 0.1) is 12.7 Å². The fourth-order valence-electron chi connectivity index (χ4n) is 2.39. The smallest absolute Gasteiger partial charge is 0.281 e. The van der Waals surface area contributed by atoms with Gasteiger partial charge >= 0.3 is 0 Å². The van der Waals surface area contributed by atoms with E-state index in [2.05, 4.69) is 24.9 Å². The van der Waals surface area contributed by atoms with Gasteiger partial charge in [0.25, 0.3) is 5.56 Å². The van der Waals surface area contributed by atoms with Gasteiger partial charge in [-0.25, -0.2) is 24.9 Å². The summed E-state index contributed by atoms with van der Waals surface area (Å²) in [5.41, 5.74) is 8.12. The largest absolute Gasteiger partial charge is 0.382 e. The summed E-state index contributed by atoms with van der Waals surface area (Å²) in [5, 5.41) is 0. The number of nitrogens with two attached hydrogens (primary N) is 1. The molecule has 29 heavy (non-hydrogen) atoms. The molecule has 0 aliphatic rings. The molecule has 10 heteroatoms. The average molecular weight is 402 g/mol. The molecule has 4 aromatic heterocycles. The summed E-state index contributed by atoms with van der Waals surface area (Å²) in [6.07, 6.45) is 3.07. The molecule has 0 bridgehead atoms. The third-order valence-electron chi connectivity index (χ3n) is 3.86. The van der Waals surface area contributed by atoms with Crippen molar-refractivity contribution in [3.05, 3.63) is 34.7 Å². The lowest BCUT2D eigenvalue weighted by atomic mass is 10.5. The van der Waals surface area contributed by atoms with Crippen LogP contribution in [0.2, 0.25) is 0 Å². The Labute approximate surface area is 170 Å². The van der Waals surface area contributed by atoms with Gasteiger partial charge in [0.1, 0.15) is 11.6 Å². The molecule has 0 aliphatic carbocycles. The number of fused-ring (bicyclic) bond motifs is 2. The number of imidazole rings is 2. The Bertz CT molecular complexity index is 1140. The molecule has 10 nitrogen and oxygen atoms in total. The summed E-state index contributed by atoms with van der Waals surface area (Å²) in [6.45, 7) is 11.7. The molecule has 0 aromatic carbocycles. The lowest BCUT2D eigenvalue weighted by molar-refractivity contribution is 0.831. The Balaban J connectivity index is 0.000000248. The molecule has 4 heterocycles.